The normalized spacial score (nSPS) is 10.7. The summed E-state index contributed by atoms with van der Waals surface area (Å²) in [5.41, 5.74) is 5.07. The minimum Gasteiger partial charge on any atom is -0.307 e. The van der Waals surface area contributed by atoms with Crippen molar-refractivity contribution in [3.8, 4) is 0 Å². The highest BCUT2D eigenvalue weighted by Gasteiger charge is 2.03. The minimum atomic E-state index is -0.509. The number of aromatic nitrogens is 1. The van der Waals surface area contributed by atoms with Gasteiger partial charge >= 0.3 is 0 Å². The molecule has 3 N–H and O–H groups in total. The van der Waals surface area contributed by atoms with Crippen LogP contribution in [0, 0.1) is 0 Å². The number of hydroxylamine groups is 1. The third-order valence-electron chi connectivity index (χ3n) is 3.61. The summed E-state index contributed by atoms with van der Waals surface area (Å²) >= 11 is 0. The molecule has 3 rings (SSSR count). The van der Waals surface area contributed by atoms with Crippen molar-refractivity contribution in [2.45, 2.75) is 13.1 Å². The van der Waals surface area contributed by atoms with Crippen LogP contribution in [0.4, 0.5) is 0 Å². The molecule has 0 fully saturated rings. The van der Waals surface area contributed by atoms with E-state index in [1.54, 1.807) is 17.6 Å². The van der Waals surface area contributed by atoms with Crippen molar-refractivity contribution in [1.82, 2.24) is 15.8 Å². The molecule has 5 heteroatoms. The maximum atomic E-state index is 11.2. The lowest BCUT2D eigenvalue weighted by Gasteiger charge is -2.06. The quantitative estimate of drug-likeness (QED) is 0.500. The summed E-state index contributed by atoms with van der Waals surface area (Å²) in [6.07, 6.45) is 0. The number of hydrogen-bond donors (Lipinski definition) is 3. The van der Waals surface area contributed by atoms with Gasteiger partial charge in [-0.15, -0.1) is 0 Å². The number of rotatable bonds is 5. The molecule has 1 amide bonds. The molecule has 0 aliphatic heterocycles. The lowest BCUT2D eigenvalue weighted by Crippen LogP contribution is -2.18. The first-order valence-corrected chi connectivity index (χ1v) is 7.35. The van der Waals surface area contributed by atoms with Crippen LogP contribution >= 0.6 is 0 Å². The summed E-state index contributed by atoms with van der Waals surface area (Å²) < 4.78 is 0. The first kappa shape index (κ1) is 15.1. The molecular formula is C18H17N3O2. The number of carbonyl (C=O) groups is 1. The highest BCUT2D eigenvalue weighted by Crippen LogP contribution is 2.12. The van der Waals surface area contributed by atoms with E-state index in [4.69, 9.17) is 5.21 Å². The Morgan fingerprint density at radius 3 is 2.52 bits per heavy atom. The average Bonchev–Trinajstić information content (AvgIpc) is 2.61. The molecule has 0 bridgehead atoms. The minimum absolute atomic E-state index is 0.424. The van der Waals surface area contributed by atoms with E-state index in [1.807, 2.05) is 42.5 Å². The van der Waals surface area contributed by atoms with Gasteiger partial charge in [-0.3, -0.25) is 15.0 Å². The molecule has 0 aliphatic rings. The van der Waals surface area contributed by atoms with E-state index in [1.165, 1.54) is 0 Å². The van der Waals surface area contributed by atoms with E-state index in [-0.39, 0.29) is 0 Å². The highest BCUT2D eigenvalue weighted by molar-refractivity contribution is 5.93. The largest absolute Gasteiger partial charge is 0.307 e. The van der Waals surface area contributed by atoms with Crippen LogP contribution < -0.4 is 10.8 Å². The summed E-state index contributed by atoms with van der Waals surface area (Å²) in [7, 11) is 0. The maximum Gasteiger partial charge on any atom is 0.274 e. The zero-order valence-electron chi connectivity index (χ0n) is 12.5. The van der Waals surface area contributed by atoms with E-state index in [0.717, 1.165) is 22.2 Å². The van der Waals surface area contributed by atoms with Crippen molar-refractivity contribution in [2.75, 3.05) is 0 Å². The molecule has 0 saturated carbocycles. The van der Waals surface area contributed by atoms with Crippen LogP contribution in [-0.2, 0) is 13.1 Å². The van der Waals surface area contributed by atoms with Gasteiger partial charge in [-0.1, -0.05) is 36.4 Å². The van der Waals surface area contributed by atoms with Crippen molar-refractivity contribution >= 4 is 16.8 Å². The Hall–Kier alpha value is -2.76. The second-order valence-electron chi connectivity index (χ2n) is 5.24. The van der Waals surface area contributed by atoms with E-state index >= 15 is 0 Å². The molecule has 0 atom stereocenters. The molecule has 5 nitrogen and oxygen atoms in total. The number of hydrogen-bond acceptors (Lipinski definition) is 4. The number of carbonyl (C=O) groups excluding carboxylic acids is 1. The van der Waals surface area contributed by atoms with Gasteiger partial charge < -0.3 is 5.32 Å². The molecule has 1 heterocycles. The Labute approximate surface area is 133 Å². The Kier molecular flexibility index (Phi) is 4.61. The molecule has 0 radical (unpaired) electrons. The first-order valence-electron chi connectivity index (χ1n) is 7.35. The SMILES string of the molecule is O=C(NO)c1ccc(CNCc2ccc3ccccc3n2)cc1. The summed E-state index contributed by atoms with van der Waals surface area (Å²) in [6.45, 7) is 1.35. The molecule has 116 valence electrons. The van der Waals surface area contributed by atoms with Crippen LogP contribution in [0.1, 0.15) is 21.6 Å². The fraction of sp³-hybridized carbons (Fsp3) is 0.111. The molecule has 0 unspecified atom stereocenters. The van der Waals surface area contributed by atoms with Crippen LogP contribution in [0.25, 0.3) is 10.9 Å². The summed E-state index contributed by atoms with van der Waals surface area (Å²) in [4.78, 5) is 15.9. The summed E-state index contributed by atoms with van der Waals surface area (Å²) in [5, 5.41) is 13.0. The van der Waals surface area contributed by atoms with E-state index < -0.39 is 5.91 Å². The summed E-state index contributed by atoms with van der Waals surface area (Å²) in [6, 6.07) is 19.2. The second-order valence-corrected chi connectivity index (χ2v) is 5.24. The third kappa shape index (κ3) is 3.71. The van der Waals surface area contributed by atoms with Crippen molar-refractivity contribution in [3.63, 3.8) is 0 Å². The monoisotopic (exact) mass is 307 g/mol. The number of benzene rings is 2. The van der Waals surface area contributed by atoms with Gasteiger partial charge in [0.25, 0.3) is 5.91 Å². The molecule has 23 heavy (non-hydrogen) atoms. The van der Waals surface area contributed by atoms with Gasteiger partial charge in [-0.05, 0) is 29.8 Å². The number of pyridine rings is 1. The Bertz CT molecular complexity index is 816. The first-order chi connectivity index (χ1) is 11.3. The van der Waals surface area contributed by atoms with Crippen molar-refractivity contribution in [2.24, 2.45) is 0 Å². The van der Waals surface area contributed by atoms with E-state index in [9.17, 15) is 4.79 Å². The van der Waals surface area contributed by atoms with Gasteiger partial charge in [0.05, 0.1) is 11.2 Å². The second kappa shape index (κ2) is 7.00. The fourth-order valence-corrected chi connectivity index (χ4v) is 2.38. The van der Waals surface area contributed by atoms with Crippen molar-refractivity contribution in [3.05, 3.63) is 77.5 Å². The number of nitrogens with zero attached hydrogens (tertiary/aromatic N) is 1. The zero-order valence-corrected chi connectivity index (χ0v) is 12.5. The number of nitrogens with one attached hydrogen (secondary N) is 2. The lowest BCUT2D eigenvalue weighted by atomic mass is 10.1. The van der Waals surface area contributed by atoms with Gasteiger partial charge in [0.15, 0.2) is 0 Å². The van der Waals surface area contributed by atoms with E-state index in [2.05, 4.69) is 16.4 Å². The third-order valence-corrected chi connectivity index (χ3v) is 3.61. The van der Waals surface area contributed by atoms with Gasteiger partial charge in [0.1, 0.15) is 0 Å². The van der Waals surface area contributed by atoms with E-state index in [0.29, 0.717) is 18.7 Å². The van der Waals surface area contributed by atoms with Gasteiger partial charge in [0, 0.05) is 24.0 Å². The number of fused-ring (bicyclic) bond motifs is 1. The molecule has 2 aromatic carbocycles. The number of amides is 1. The molecule has 0 aliphatic carbocycles. The standard InChI is InChI=1S/C18H17N3O2/c22-18(21-23)15-7-5-13(6-8-15)11-19-12-16-10-9-14-3-1-2-4-17(14)20-16/h1-10,19,23H,11-12H2,(H,21,22). The van der Waals surface area contributed by atoms with Crippen LogP contribution in [-0.4, -0.2) is 16.1 Å². The lowest BCUT2D eigenvalue weighted by molar-refractivity contribution is 0.0706. The average molecular weight is 307 g/mol. The topological polar surface area (TPSA) is 74.2 Å². The molecular weight excluding hydrogens is 290 g/mol. The van der Waals surface area contributed by atoms with Crippen molar-refractivity contribution in [1.29, 1.82) is 0 Å². The van der Waals surface area contributed by atoms with Gasteiger partial charge in [0.2, 0.25) is 0 Å². The fourth-order valence-electron chi connectivity index (χ4n) is 2.38. The highest BCUT2D eigenvalue weighted by atomic mass is 16.5. The molecule has 0 spiro atoms. The Morgan fingerprint density at radius 1 is 0.957 bits per heavy atom. The maximum absolute atomic E-state index is 11.2. The van der Waals surface area contributed by atoms with Crippen LogP contribution in [0.3, 0.4) is 0 Å². The van der Waals surface area contributed by atoms with Crippen LogP contribution in [0.15, 0.2) is 60.7 Å². The zero-order chi connectivity index (χ0) is 16.1. The Balaban J connectivity index is 1.58. The molecule has 1 aromatic heterocycles. The Morgan fingerprint density at radius 2 is 1.74 bits per heavy atom. The molecule has 0 saturated heterocycles. The van der Waals surface area contributed by atoms with Crippen molar-refractivity contribution < 1.29 is 10.0 Å². The van der Waals surface area contributed by atoms with Gasteiger partial charge in [-0.25, -0.2) is 5.48 Å². The molecule has 3 aromatic rings. The smallest absolute Gasteiger partial charge is 0.274 e. The van der Waals surface area contributed by atoms with Crippen LogP contribution in [0.5, 0.6) is 0 Å². The van der Waals surface area contributed by atoms with Crippen LogP contribution in [0.2, 0.25) is 0 Å². The predicted octanol–water partition coefficient (Wildman–Crippen LogP) is 2.64. The van der Waals surface area contributed by atoms with Gasteiger partial charge in [-0.2, -0.15) is 0 Å². The summed E-state index contributed by atoms with van der Waals surface area (Å²) in [5.74, 6) is -0.509. The number of para-hydroxylation sites is 1. The predicted molar refractivity (Wildman–Crippen MR) is 88.0 cm³/mol.